The number of nitrogens with zero attached hydrogens (tertiary/aromatic N) is 5. The summed E-state index contributed by atoms with van der Waals surface area (Å²) in [6, 6.07) is 20.3. The minimum atomic E-state index is -0.863. The summed E-state index contributed by atoms with van der Waals surface area (Å²) in [5.74, 6) is -0.193. The molecule has 0 bridgehead atoms. The predicted octanol–water partition coefficient (Wildman–Crippen LogP) is 4.67. The zero-order valence-corrected chi connectivity index (χ0v) is 28.2. The fourth-order valence-corrected chi connectivity index (χ4v) is 7.74. The molecular formula is C37H41N9O5. The van der Waals surface area contributed by atoms with Crippen LogP contribution >= 0.6 is 0 Å². The first-order valence-corrected chi connectivity index (χ1v) is 17.6. The van der Waals surface area contributed by atoms with Gasteiger partial charge in [0, 0.05) is 74.5 Å². The van der Waals surface area contributed by atoms with Gasteiger partial charge in [0.2, 0.25) is 5.91 Å². The molecule has 264 valence electrons. The Kier molecular flexibility index (Phi) is 8.90. The second-order valence-electron chi connectivity index (χ2n) is 13.7. The number of para-hydroxylation sites is 2. The Morgan fingerprint density at radius 2 is 1.39 bits per heavy atom. The molecule has 1 aromatic heterocycles. The van der Waals surface area contributed by atoms with Gasteiger partial charge in [-0.3, -0.25) is 9.89 Å². The Morgan fingerprint density at radius 1 is 0.804 bits per heavy atom. The van der Waals surface area contributed by atoms with Gasteiger partial charge in [-0.15, -0.1) is 5.06 Å². The van der Waals surface area contributed by atoms with Gasteiger partial charge < -0.3 is 35.5 Å². The molecule has 1 atom stereocenters. The Balaban J connectivity index is 0.892. The van der Waals surface area contributed by atoms with Crippen LogP contribution in [-0.4, -0.2) is 98.3 Å². The molecule has 2 saturated heterocycles. The van der Waals surface area contributed by atoms with Crippen LogP contribution in [0.25, 0.3) is 10.9 Å². The smallest absolute Gasteiger partial charge is 0.351 e. The maximum atomic E-state index is 14.1. The quantitative estimate of drug-likeness (QED) is 0.220. The van der Waals surface area contributed by atoms with E-state index < -0.39 is 12.1 Å². The fourth-order valence-electron chi connectivity index (χ4n) is 7.74. The highest BCUT2D eigenvalue weighted by Crippen LogP contribution is 2.29. The van der Waals surface area contributed by atoms with Crippen LogP contribution in [0.3, 0.4) is 0 Å². The van der Waals surface area contributed by atoms with Crippen LogP contribution in [0.15, 0.2) is 72.9 Å². The second kappa shape index (κ2) is 13.9. The molecule has 4 aliphatic rings. The lowest BCUT2D eigenvalue weighted by atomic mass is 9.98. The van der Waals surface area contributed by atoms with Gasteiger partial charge in [-0.25, -0.2) is 14.4 Å². The van der Waals surface area contributed by atoms with E-state index in [-0.39, 0.29) is 36.5 Å². The predicted molar refractivity (Wildman–Crippen MR) is 189 cm³/mol. The summed E-state index contributed by atoms with van der Waals surface area (Å²) in [5, 5.41) is 18.4. The summed E-state index contributed by atoms with van der Waals surface area (Å²) >= 11 is 0. The van der Waals surface area contributed by atoms with E-state index in [1.165, 1.54) is 0 Å². The Hall–Kier alpha value is -5.63. The number of hydrogen-bond donors (Lipinski definition) is 4. The number of anilines is 2. The molecule has 0 radical (unpaired) electrons. The number of hydrogen-bond acceptors (Lipinski definition) is 7. The number of carbonyl (C=O) groups is 4. The lowest BCUT2D eigenvalue weighted by molar-refractivity contribution is -0.137. The van der Waals surface area contributed by atoms with Gasteiger partial charge >= 0.3 is 18.2 Å². The van der Waals surface area contributed by atoms with Crippen molar-refractivity contribution in [2.75, 3.05) is 36.8 Å². The van der Waals surface area contributed by atoms with Gasteiger partial charge in [0.1, 0.15) is 6.04 Å². The van der Waals surface area contributed by atoms with Gasteiger partial charge in [0.05, 0.1) is 11.7 Å². The van der Waals surface area contributed by atoms with Crippen molar-refractivity contribution in [2.45, 2.75) is 63.3 Å². The highest BCUT2D eigenvalue weighted by molar-refractivity contribution is 5.93. The van der Waals surface area contributed by atoms with Crippen LogP contribution in [0.2, 0.25) is 0 Å². The third-order valence-electron chi connectivity index (χ3n) is 10.5. The Bertz CT molecular complexity index is 1950. The molecule has 14 heteroatoms. The Morgan fingerprint density at radius 3 is 2.02 bits per heavy atom. The first-order chi connectivity index (χ1) is 24.9. The van der Waals surface area contributed by atoms with E-state index in [9.17, 15) is 19.2 Å². The molecule has 4 aromatic rings. The van der Waals surface area contributed by atoms with Crippen LogP contribution < -0.4 is 16.0 Å². The number of nitrogens with one attached hydrogen (secondary N) is 4. The van der Waals surface area contributed by atoms with Gasteiger partial charge in [-0.1, -0.05) is 42.5 Å². The van der Waals surface area contributed by atoms with Crippen LogP contribution in [0.1, 0.15) is 42.4 Å². The maximum absolute atomic E-state index is 14.1. The highest BCUT2D eigenvalue weighted by atomic mass is 16.7. The highest BCUT2D eigenvalue weighted by Gasteiger charge is 2.36. The number of likely N-dealkylation sites (tertiary alicyclic amines) is 1. The summed E-state index contributed by atoms with van der Waals surface area (Å²) in [7, 11) is 0. The number of amides is 6. The van der Waals surface area contributed by atoms with Crippen molar-refractivity contribution in [1.82, 2.24) is 35.3 Å². The van der Waals surface area contributed by atoms with Crippen LogP contribution in [0.5, 0.6) is 0 Å². The molecule has 4 N–H and O–H groups in total. The van der Waals surface area contributed by atoms with Crippen LogP contribution in [0.4, 0.5) is 25.8 Å². The van der Waals surface area contributed by atoms with Crippen molar-refractivity contribution < 1.29 is 24.0 Å². The number of benzene rings is 3. The second-order valence-corrected chi connectivity index (χ2v) is 13.7. The first kappa shape index (κ1) is 32.6. The molecule has 5 heterocycles. The van der Waals surface area contributed by atoms with Gasteiger partial charge in [-0.2, -0.15) is 5.10 Å². The first-order valence-electron chi connectivity index (χ1n) is 17.6. The van der Waals surface area contributed by atoms with Crippen LogP contribution in [0, 0.1) is 0 Å². The van der Waals surface area contributed by atoms with E-state index in [1.807, 2.05) is 76.5 Å². The summed E-state index contributed by atoms with van der Waals surface area (Å²) < 4.78 is 0. The van der Waals surface area contributed by atoms with E-state index in [2.05, 4.69) is 26.1 Å². The standard InChI is InChI=1S/C37H41N9O5/c47-34(43-15-11-28(12-16-43)45-22-25-5-1-3-7-30(25)39-35(45)48)33(20-24-9-10-32-27(19-24)21-38-42-32)41-37(50)51-44-17-13-29(14-18-44)46-23-26-6-2-4-8-31(26)40-36(46)49/h1-10,19,21,28-29,33H,11-18,20,22-23H2,(H,38,42)(H,39,48)(H,40,49)(H,41,50). The summed E-state index contributed by atoms with van der Waals surface area (Å²) in [5.41, 5.74) is 5.59. The number of aromatic amines is 1. The summed E-state index contributed by atoms with van der Waals surface area (Å²) in [6.45, 7) is 2.92. The molecule has 51 heavy (non-hydrogen) atoms. The van der Waals surface area contributed by atoms with E-state index in [1.54, 1.807) is 16.2 Å². The van der Waals surface area contributed by atoms with Gasteiger partial charge in [0.15, 0.2) is 0 Å². The molecule has 0 aliphatic carbocycles. The van der Waals surface area contributed by atoms with Gasteiger partial charge in [0.25, 0.3) is 0 Å². The average Bonchev–Trinajstić information content (AvgIpc) is 3.62. The zero-order valence-electron chi connectivity index (χ0n) is 28.2. The fraction of sp³-hybridized carbons (Fsp3) is 0.378. The molecule has 1 unspecified atom stereocenters. The topological polar surface area (TPSA) is 155 Å². The summed E-state index contributed by atoms with van der Waals surface area (Å²) in [6.07, 6.45) is 3.86. The monoisotopic (exact) mass is 691 g/mol. The van der Waals surface area contributed by atoms with E-state index in [0.717, 1.165) is 39.0 Å². The van der Waals surface area contributed by atoms with Gasteiger partial charge in [-0.05, 0) is 66.6 Å². The number of aromatic nitrogens is 2. The normalized spacial score (nSPS) is 19.2. The van der Waals surface area contributed by atoms with E-state index >= 15 is 0 Å². The summed E-state index contributed by atoms with van der Waals surface area (Å²) in [4.78, 5) is 64.4. The number of H-pyrrole nitrogens is 1. The molecule has 14 nitrogen and oxygen atoms in total. The molecule has 2 fully saturated rings. The lowest BCUT2D eigenvalue weighted by Gasteiger charge is -2.41. The minimum Gasteiger partial charge on any atom is -0.351 e. The van der Waals surface area contributed by atoms with Crippen molar-refractivity contribution in [3.8, 4) is 0 Å². The molecule has 3 aromatic carbocycles. The number of fused-ring (bicyclic) bond motifs is 3. The molecule has 6 amide bonds. The largest absolute Gasteiger partial charge is 0.426 e. The number of piperidine rings is 2. The number of carbonyl (C=O) groups excluding carboxylic acids is 4. The number of rotatable bonds is 7. The number of urea groups is 2. The Labute approximate surface area is 295 Å². The van der Waals surface area contributed by atoms with Crippen molar-refractivity contribution in [2.24, 2.45) is 0 Å². The maximum Gasteiger partial charge on any atom is 0.426 e. The third-order valence-corrected chi connectivity index (χ3v) is 10.5. The molecule has 0 spiro atoms. The van der Waals surface area contributed by atoms with Crippen molar-refractivity contribution >= 4 is 46.3 Å². The van der Waals surface area contributed by atoms with Crippen LogP contribution in [-0.2, 0) is 29.1 Å². The molecule has 4 aliphatic heterocycles. The molecule has 8 rings (SSSR count). The van der Waals surface area contributed by atoms with E-state index in [0.29, 0.717) is 65.0 Å². The average molecular weight is 692 g/mol. The third kappa shape index (κ3) is 6.91. The molecule has 0 saturated carbocycles. The molecular weight excluding hydrogens is 650 g/mol. The van der Waals surface area contributed by atoms with Crippen molar-refractivity contribution in [1.29, 1.82) is 0 Å². The lowest BCUT2D eigenvalue weighted by Crippen LogP contribution is -2.56. The zero-order chi connectivity index (χ0) is 34.9. The minimum absolute atomic E-state index is 0.00374. The van der Waals surface area contributed by atoms with E-state index in [4.69, 9.17) is 4.84 Å². The SMILES string of the molecule is O=C(NC(Cc1ccc2[nH]ncc2c1)C(=O)N1CCC(N2Cc3ccccc3NC2=O)CC1)ON1CCC(N2Cc3ccccc3NC2=O)CC1. The number of hydroxylamine groups is 2. The van der Waals surface area contributed by atoms with Crippen molar-refractivity contribution in [3.05, 3.63) is 89.6 Å². The van der Waals surface area contributed by atoms with Crippen molar-refractivity contribution in [3.63, 3.8) is 0 Å².